The second-order valence-electron chi connectivity index (χ2n) is 5.54. The molecule has 0 aliphatic carbocycles. The predicted molar refractivity (Wildman–Crippen MR) is 78.0 cm³/mol. The van der Waals surface area contributed by atoms with E-state index in [0.717, 1.165) is 11.1 Å². The zero-order chi connectivity index (χ0) is 17.2. The number of aryl methyl sites for hydroxylation is 1. The summed E-state index contributed by atoms with van der Waals surface area (Å²) in [4.78, 5) is 28.8. The summed E-state index contributed by atoms with van der Waals surface area (Å²) in [6.07, 6.45) is 1.01. The van der Waals surface area contributed by atoms with Gasteiger partial charge in [0.05, 0.1) is 19.7 Å². The first-order valence-corrected chi connectivity index (χ1v) is 6.96. The number of ether oxygens (including phenoxy) is 2. The summed E-state index contributed by atoms with van der Waals surface area (Å²) >= 11 is 0. The lowest BCUT2D eigenvalue weighted by molar-refractivity contribution is -0.173. The minimum atomic E-state index is -1.10. The maximum Gasteiger partial charge on any atom is 0.377 e. The molecule has 23 heavy (non-hydrogen) atoms. The highest BCUT2D eigenvalue weighted by molar-refractivity contribution is 5.97. The van der Waals surface area contributed by atoms with Gasteiger partial charge in [0, 0.05) is 13.8 Å². The molecule has 0 radical (unpaired) electrons. The molecule has 0 spiro atoms. The van der Waals surface area contributed by atoms with E-state index < -0.39 is 17.7 Å². The lowest BCUT2D eigenvalue weighted by Crippen LogP contribution is -2.28. The molecule has 1 heterocycles. The van der Waals surface area contributed by atoms with E-state index in [1.807, 2.05) is 0 Å². The van der Waals surface area contributed by atoms with E-state index in [1.165, 1.54) is 13.2 Å². The van der Waals surface area contributed by atoms with E-state index in [2.05, 4.69) is 0 Å². The van der Waals surface area contributed by atoms with Crippen molar-refractivity contribution in [2.45, 2.75) is 33.1 Å². The van der Waals surface area contributed by atoms with Crippen molar-refractivity contribution in [1.82, 2.24) is 5.06 Å². The molecule has 1 aliphatic heterocycles. The third-order valence-corrected chi connectivity index (χ3v) is 3.16. The summed E-state index contributed by atoms with van der Waals surface area (Å²) in [5.74, 6) is -2.90. The molecule has 1 aliphatic rings. The largest absolute Gasteiger partial charge is 0.445 e. The zero-order valence-corrected chi connectivity index (χ0v) is 13.4. The van der Waals surface area contributed by atoms with E-state index in [-0.39, 0.29) is 18.1 Å². The summed E-state index contributed by atoms with van der Waals surface area (Å²) < 4.78 is 23.5. The first-order valence-electron chi connectivity index (χ1n) is 6.96. The molecule has 0 atom stereocenters. The molecular formula is C16H18FNO5. The van der Waals surface area contributed by atoms with E-state index in [0.29, 0.717) is 11.1 Å². The molecule has 1 aromatic carbocycles. The number of carbonyl (C=O) groups is 2. The number of cyclic esters (lactones) is 1. The van der Waals surface area contributed by atoms with Crippen LogP contribution in [-0.4, -0.2) is 29.8 Å². The fraction of sp³-hybridized carbons (Fsp3) is 0.375. The summed E-state index contributed by atoms with van der Waals surface area (Å²) in [6.45, 7) is 4.85. The number of rotatable bonds is 4. The highest BCUT2D eigenvalue weighted by atomic mass is 19.1. The molecule has 1 saturated heterocycles. The van der Waals surface area contributed by atoms with Crippen LogP contribution in [0.4, 0.5) is 4.39 Å². The number of hydroxylamine groups is 2. The van der Waals surface area contributed by atoms with Crippen LogP contribution in [0, 0.1) is 12.7 Å². The first-order chi connectivity index (χ1) is 10.7. The van der Waals surface area contributed by atoms with Gasteiger partial charge >= 0.3 is 5.97 Å². The molecule has 2 rings (SSSR count). The average molecular weight is 323 g/mol. The topological polar surface area (TPSA) is 65.1 Å². The fourth-order valence-electron chi connectivity index (χ4n) is 2.08. The molecule has 124 valence electrons. The van der Waals surface area contributed by atoms with Gasteiger partial charge in [-0.3, -0.25) is 9.63 Å². The molecule has 0 bridgehead atoms. The Hall–Kier alpha value is -2.41. The van der Waals surface area contributed by atoms with Crippen LogP contribution >= 0.6 is 0 Å². The lowest BCUT2D eigenvalue weighted by atomic mass is 10.1. The van der Waals surface area contributed by atoms with Gasteiger partial charge in [0.1, 0.15) is 5.82 Å². The van der Waals surface area contributed by atoms with Crippen molar-refractivity contribution >= 4 is 11.9 Å². The monoisotopic (exact) mass is 323 g/mol. The second-order valence-corrected chi connectivity index (χ2v) is 5.54. The summed E-state index contributed by atoms with van der Waals surface area (Å²) in [5.41, 5.74) is 1.15. The number of benzene rings is 1. The highest BCUT2D eigenvalue weighted by Crippen LogP contribution is 2.26. The van der Waals surface area contributed by atoms with Crippen LogP contribution in [0.3, 0.4) is 0 Å². The van der Waals surface area contributed by atoms with Crippen molar-refractivity contribution in [2.75, 3.05) is 7.11 Å². The number of halogens is 1. The third-order valence-electron chi connectivity index (χ3n) is 3.16. The molecule has 0 unspecified atom stereocenters. The summed E-state index contributed by atoms with van der Waals surface area (Å²) in [6, 6.07) is 4.49. The Bertz CT molecular complexity index is 668. The molecule has 1 fully saturated rings. The van der Waals surface area contributed by atoms with Gasteiger partial charge in [0.25, 0.3) is 5.91 Å². The van der Waals surface area contributed by atoms with Gasteiger partial charge < -0.3 is 9.47 Å². The Kier molecular flexibility index (Phi) is 4.70. The standard InChI is InChI=1S/C16H18FNO5/c1-10-7-11(5-6-12(10)17)9-18(21-4)14(19)8-13-15(20)23-16(2,3)22-13/h5-8H,9H2,1-4H3/b13-8-. The molecule has 0 N–H and O–H groups in total. The van der Waals surface area contributed by atoms with E-state index in [1.54, 1.807) is 32.9 Å². The van der Waals surface area contributed by atoms with Crippen molar-refractivity contribution in [2.24, 2.45) is 0 Å². The molecule has 0 saturated carbocycles. The Labute approximate surface area is 133 Å². The smallest absolute Gasteiger partial charge is 0.377 e. The normalized spacial score (nSPS) is 17.8. The van der Waals surface area contributed by atoms with Crippen LogP contribution in [0.5, 0.6) is 0 Å². The molecule has 0 aromatic heterocycles. The van der Waals surface area contributed by atoms with Gasteiger partial charge in [-0.15, -0.1) is 0 Å². The van der Waals surface area contributed by atoms with Crippen LogP contribution in [-0.2, 0) is 30.4 Å². The van der Waals surface area contributed by atoms with Gasteiger partial charge in [-0.25, -0.2) is 14.2 Å². The number of carbonyl (C=O) groups excluding carboxylic acids is 2. The zero-order valence-electron chi connectivity index (χ0n) is 13.4. The number of amides is 1. The molecular weight excluding hydrogens is 305 g/mol. The van der Waals surface area contributed by atoms with Gasteiger partial charge in [-0.05, 0) is 24.1 Å². The van der Waals surface area contributed by atoms with Crippen LogP contribution in [0.25, 0.3) is 0 Å². The highest BCUT2D eigenvalue weighted by Gasteiger charge is 2.38. The maximum absolute atomic E-state index is 13.3. The second kappa shape index (κ2) is 6.37. The van der Waals surface area contributed by atoms with Gasteiger partial charge in [0.15, 0.2) is 0 Å². The lowest BCUT2D eigenvalue weighted by Gasteiger charge is -2.18. The van der Waals surface area contributed by atoms with E-state index >= 15 is 0 Å². The Morgan fingerprint density at radius 3 is 2.61 bits per heavy atom. The number of esters is 1. The molecule has 7 heteroatoms. The Morgan fingerprint density at radius 2 is 2.09 bits per heavy atom. The molecule has 6 nitrogen and oxygen atoms in total. The van der Waals surface area contributed by atoms with Gasteiger partial charge in [-0.2, -0.15) is 0 Å². The average Bonchev–Trinajstić information content (AvgIpc) is 2.72. The van der Waals surface area contributed by atoms with Crippen molar-refractivity contribution in [3.05, 3.63) is 47.0 Å². The minimum Gasteiger partial charge on any atom is -0.445 e. The van der Waals surface area contributed by atoms with Gasteiger partial charge in [0.2, 0.25) is 11.5 Å². The first kappa shape index (κ1) is 17.0. The van der Waals surface area contributed by atoms with Crippen molar-refractivity contribution in [1.29, 1.82) is 0 Å². The summed E-state index contributed by atoms with van der Waals surface area (Å²) in [7, 11) is 1.32. The van der Waals surface area contributed by atoms with E-state index in [4.69, 9.17) is 14.3 Å². The summed E-state index contributed by atoms with van der Waals surface area (Å²) in [5, 5.41) is 1.03. The van der Waals surface area contributed by atoms with Crippen LogP contribution in [0.2, 0.25) is 0 Å². The Balaban J connectivity index is 2.13. The quantitative estimate of drug-likeness (QED) is 0.483. The Morgan fingerprint density at radius 1 is 1.39 bits per heavy atom. The maximum atomic E-state index is 13.3. The molecule has 1 aromatic rings. The fourth-order valence-corrected chi connectivity index (χ4v) is 2.08. The molecule has 1 amide bonds. The van der Waals surface area contributed by atoms with Crippen molar-refractivity contribution < 1.29 is 28.3 Å². The SMILES string of the molecule is CON(Cc1ccc(F)c(C)c1)C(=O)/C=C1\OC(C)(C)OC1=O. The number of nitrogens with zero attached hydrogens (tertiary/aromatic N) is 1. The van der Waals surface area contributed by atoms with Crippen molar-refractivity contribution in [3.63, 3.8) is 0 Å². The predicted octanol–water partition coefficient (Wildman–Crippen LogP) is 2.22. The van der Waals surface area contributed by atoms with Crippen LogP contribution in [0.1, 0.15) is 25.0 Å². The van der Waals surface area contributed by atoms with Gasteiger partial charge in [-0.1, -0.05) is 12.1 Å². The van der Waals surface area contributed by atoms with E-state index in [9.17, 15) is 14.0 Å². The van der Waals surface area contributed by atoms with Crippen LogP contribution in [0.15, 0.2) is 30.0 Å². The number of hydrogen-bond donors (Lipinski definition) is 0. The van der Waals surface area contributed by atoms with Crippen molar-refractivity contribution in [3.8, 4) is 0 Å². The minimum absolute atomic E-state index is 0.0959. The third kappa shape index (κ3) is 4.07. The number of hydrogen-bond acceptors (Lipinski definition) is 5. The van der Waals surface area contributed by atoms with Crippen LogP contribution < -0.4 is 0 Å².